The van der Waals surface area contributed by atoms with Crippen LogP contribution in [0.1, 0.15) is 28.4 Å². The number of hydrogen-bond donors (Lipinski definition) is 0. The second-order valence-corrected chi connectivity index (χ2v) is 9.49. The fourth-order valence-electron chi connectivity index (χ4n) is 3.90. The van der Waals surface area contributed by atoms with Gasteiger partial charge in [0.15, 0.2) is 5.78 Å². The van der Waals surface area contributed by atoms with Gasteiger partial charge in [0.1, 0.15) is 0 Å². The molecule has 0 saturated heterocycles. The Morgan fingerprint density at radius 3 is 2.48 bits per heavy atom. The lowest BCUT2D eigenvalue weighted by Crippen LogP contribution is -2.42. The average Bonchev–Trinajstić information content (AvgIpc) is 3.11. The molecule has 0 unspecified atom stereocenters. The molecule has 4 rings (SSSR count). The van der Waals surface area contributed by atoms with Gasteiger partial charge in [-0.05, 0) is 48.7 Å². The van der Waals surface area contributed by atoms with Crippen molar-refractivity contribution in [2.75, 3.05) is 10.8 Å². The van der Waals surface area contributed by atoms with Crippen LogP contribution in [0.5, 0.6) is 0 Å². The van der Waals surface area contributed by atoms with Crippen LogP contribution in [-0.4, -0.2) is 30.5 Å². The van der Waals surface area contributed by atoms with E-state index in [9.17, 15) is 13.2 Å². The van der Waals surface area contributed by atoms with Gasteiger partial charge in [-0.15, -0.1) is 0 Å². The van der Waals surface area contributed by atoms with Crippen LogP contribution < -0.4 is 4.31 Å². The van der Waals surface area contributed by atoms with Crippen molar-refractivity contribution in [1.82, 2.24) is 9.78 Å². The fourth-order valence-corrected chi connectivity index (χ4v) is 5.75. The summed E-state index contributed by atoms with van der Waals surface area (Å²) in [6, 6.07) is 10.6. The monoisotopic (exact) mass is 409 g/mol. The highest BCUT2D eigenvalue weighted by Crippen LogP contribution is 2.37. The third kappa shape index (κ3) is 3.15. The van der Waals surface area contributed by atoms with Gasteiger partial charge in [0, 0.05) is 36.8 Å². The first-order valence-corrected chi connectivity index (χ1v) is 10.9. The van der Waals surface area contributed by atoms with E-state index in [0.29, 0.717) is 16.8 Å². The molecule has 0 amide bonds. The summed E-state index contributed by atoms with van der Waals surface area (Å²) in [5.41, 5.74) is 4.23. The predicted octanol–water partition coefficient (Wildman–Crippen LogP) is 3.73. The van der Waals surface area contributed by atoms with Gasteiger partial charge < -0.3 is 0 Å². The van der Waals surface area contributed by atoms with Gasteiger partial charge in [-0.25, -0.2) is 8.42 Å². The highest BCUT2D eigenvalue weighted by atomic mass is 32.2. The van der Waals surface area contributed by atoms with Crippen LogP contribution >= 0.6 is 0 Å². The molecule has 1 aromatic heterocycles. The molecule has 2 heterocycles. The van der Waals surface area contributed by atoms with Crippen LogP contribution in [-0.2, 0) is 17.1 Å². The largest absolute Gasteiger partial charge is 0.294 e. The molecule has 0 fully saturated rings. The molecule has 29 heavy (non-hydrogen) atoms. The molecule has 0 radical (unpaired) electrons. The number of sulfonamides is 1. The Hall–Kier alpha value is -2.93. The molecule has 1 atom stereocenters. The Kier molecular flexibility index (Phi) is 4.58. The number of hydrogen-bond acceptors (Lipinski definition) is 4. The molecule has 2 aromatic carbocycles. The molecule has 6 nitrogen and oxygen atoms in total. The number of para-hydroxylation sites is 1. The minimum absolute atomic E-state index is 0.0150. The summed E-state index contributed by atoms with van der Waals surface area (Å²) in [6.45, 7) is 5.55. The van der Waals surface area contributed by atoms with E-state index in [-0.39, 0.29) is 17.2 Å². The molecule has 0 spiro atoms. The highest BCUT2D eigenvalue weighted by Gasteiger charge is 2.37. The molecular weight excluding hydrogens is 386 g/mol. The lowest BCUT2D eigenvalue weighted by atomic mass is 9.92. The van der Waals surface area contributed by atoms with Crippen LogP contribution in [0.25, 0.3) is 11.1 Å². The molecule has 150 valence electrons. The van der Waals surface area contributed by atoms with Crippen LogP contribution in [0.3, 0.4) is 0 Å². The number of aryl methyl sites for hydroxylation is 3. The number of Topliss-reactive ketones (excluding diaryl/α,β-unsaturated/α-hetero) is 1. The molecule has 1 aliphatic rings. The van der Waals surface area contributed by atoms with Crippen molar-refractivity contribution in [3.63, 3.8) is 0 Å². The van der Waals surface area contributed by atoms with Crippen LogP contribution in [0, 0.1) is 19.8 Å². The van der Waals surface area contributed by atoms with Crippen molar-refractivity contribution >= 4 is 21.5 Å². The SMILES string of the molecule is Cc1cc(-c2cnn(C)c2)ccc1S(=O)(=O)N1C[C@H](C)C(=O)c2cccc(C)c21. The molecule has 0 N–H and O–H groups in total. The molecule has 0 bridgehead atoms. The Balaban J connectivity index is 1.82. The highest BCUT2D eigenvalue weighted by molar-refractivity contribution is 7.93. The lowest BCUT2D eigenvalue weighted by molar-refractivity contribution is 0.0929. The fraction of sp³-hybridized carbons (Fsp3) is 0.273. The summed E-state index contributed by atoms with van der Waals surface area (Å²) in [5.74, 6) is -0.409. The smallest absolute Gasteiger partial charge is 0.264 e. The van der Waals surface area contributed by atoms with Crippen LogP contribution in [0.4, 0.5) is 5.69 Å². The maximum Gasteiger partial charge on any atom is 0.264 e. The molecule has 0 saturated carbocycles. The summed E-state index contributed by atoms with van der Waals surface area (Å²) in [7, 11) is -1.98. The van der Waals surface area contributed by atoms with Gasteiger partial charge in [-0.3, -0.25) is 13.8 Å². The van der Waals surface area contributed by atoms with Crippen molar-refractivity contribution in [3.8, 4) is 11.1 Å². The minimum atomic E-state index is -3.82. The quantitative estimate of drug-likeness (QED) is 0.661. The molecule has 3 aromatic rings. The number of ketones is 1. The van der Waals surface area contributed by atoms with Gasteiger partial charge >= 0.3 is 0 Å². The van der Waals surface area contributed by atoms with E-state index in [1.807, 2.05) is 32.3 Å². The normalized spacial score (nSPS) is 16.8. The van der Waals surface area contributed by atoms with Crippen molar-refractivity contribution in [2.45, 2.75) is 25.7 Å². The zero-order chi connectivity index (χ0) is 20.9. The summed E-state index contributed by atoms with van der Waals surface area (Å²) < 4.78 is 30.4. The first-order valence-electron chi connectivity index (χ1n) is 9.46. The third-order valence-corrected chi connectivity index (χ3v) is 7.35. The Morgan fingerprint density at radius 1 is 1.07 bits per heavy atom. The van der Waals surface area contributed by atoms with Gasteiger partial charge in [0.2, 0.25) is 0 Å². The van der Waals surface area contributed by atoms with Crippen LogP contribution in [0.15, 0.2) is 53.7 Å². The number of rotatable bonds is 3. The molecule has 7 heteroatoms. The summed E-state index contributed by atoms with van der Waals surface area (Å²) in [4.78, 5) is 12.9. The maximum absolute atomic E-state index is 13.6. The number of fused-ring (bicyclic) bond motifs is 1. The van der Waals surface area contributed by atoms with Crippen LogP contribution in [0.2, 0.25) is 0 Å². The van der Waals surface area contributed by atoms with E-state index in [1.165, 1.54) is 4.31 Å². The zero-order valence-corrected chi connectivity index (χ0v) is 17.7. The molecule has 0 aliphatic carbocycles. The number of carbonyl (C=O) groups excluding carboxylic acids is 1. The van der Waals surface area contributed by atoms with Gasteiger partial charge in [0.05, 0.1) is 16.8 Å². The number of anilines is 1. The zero-order valence-electron chi connectivity index (χ0n) is 16.9. The van der Waals surface area contributed by atoms with E-state index in [0.717, 1.165) is 16.7 Å². The number of aromatic nitrogens is 2. The van der Waals surface area contributed by atoms with E-state index >= 15 is 0 Å². The topological polar surface area (TPSA) is 72.3 Å². The number of benzene rings is 2. The van der Waals surface area contributed by atoms with Crippen molar-refractivity contribution in [3.05, 3.63) is 65.5 Å². The Morgan fingerprint density at radius 2 is 1.83 bits per heavy atom. The maximum atomic E-state index is 13.6. The second kappa shape index (κ2) is 6.84. The third-order valence-electron chi connectivity index (χ3n) is 5.42. The van der Waals surface area contributed by atoms with Crippen molar-refractivity contribution in [2.24, 2.45) is 13.0 Å². The molecule has 1 aliphatic heterocycles. The minimum Gasteiger partial charge on any atom is -0.294 e. The van der Waals surface area contributed by atoms with Crippen molar-refractivity contribution < 1.29 is 13.2 Å². The predicted molar refractivity (Wildman–Crippen MR) is 113 cm³/mol. The number of carbonyl (C=O) groups is 1. The van der Waals surface area contributed by atoms with E-state index in [2.05, 4.69) is 5.10 Å². The van der Waals surface area contributed by atoms with Crippen molar-refractivity contribution in [1.29, 1.82) is 0 Å². The summed E-state index contributed by atoms with van der Waals surface area (Å²) in [6.07, 6.45) is 3.64. The Bertz CT molecular complexity index is 1230. The second-order valence-electron chi connectivity index (χ2n) is 7.66. The first-order chi connectivity index (χ1) is 13.7. The van der Waals surface area contributed by atoms with E-state index < -0.39 is 15.9 Å². The lowest BCUT2D eigenvalue weighted by Gasteiger charge is -2.34. The first kappa shape index (κ1) is 19.4. The summed E-state index contributed by atoms with van der Waals surface area (Å²) in [5, 5.41) is 4.18. The van der Waals surface area contributed by atoms with E-state index in [1.54, 1.807) is 49.0 Å². The molecular formula is C22H23N3O3S. The van der Waals surface area contributed by atoms with E-state index in [4.69, 9.17) is 0 Å². The van der Waals surface area contributed by atoms with Gasteiger partial charge in [-0.2, -0.15) is 5.10 Å². The Labute approximate surface area is 170 Å². The standard InChI is InChI=1S/C22H23N3O3S/c1-14-6-5-7-19-21(14)25(12-16(3)22(19)26)29(27,28)20-9-8-17(10-15(20)2)18-11-23-24(4)13-18/h5-11,13,16H,12H2,1-4H3/t16-/m0/s1. The summed E-state index contributed by atoms with van der Waals surface area (Å²) >= 11 is 0. The average molecular weight is 410 g/mol. The van der Waals surface area contributed by atoms with Gasteiger partial charge in [-0.1, -0.05) is 25.1 Å². The van der Waals surface area contributed by atoms with Gasteiger partial charge in [0.25, 0.3) is 10.0 Å². The number of nitrogens with zero attached hydrogens (tertiary/aromatic N) is 3.